The van der Waals surface area contributed by atoms with Crippen molar-refractivity contribution in [3.8, 4) is 0 Å². The summed E-state index contributed by atoms with van der Waals surface area (Å²) in [7, 11) is 0. The lowest BCUT2D eigenvalue weighted by atomic mass is 10.1. The van der Waals surface area contributed by atoms with Crippen molar-refractivity contribution in [2.45, 2.75) is 77.7 Å². The normalized spacial score (nSPS) is 13.3. The molecule has 0 saturated heterocycles. The summed E-state index contributed by atoms with van der Waals surface area (Å²) in [5.41, 5.74) is 0.210. The summed E-state index contributed by atoms with van der Waals surface area (Å²) in [6, 6.07) is 16.5. The van der Waals surface area contributed by atoms with Crippen LogP contribution in [0.3, 0.4) is 0 Å². The zero-order chi connectivity index (χ0) is 28.3. The molecule has 38 heavy (non-hydrogen) atoms. The molecule has 0 radical (unpaired) electrons. The highest BCUT2D eigenvalue weighted by Gasteiger charge is 2.28. The van der Waals surface area contributed by atoms with Gasteiger partial charge in [0.2, 0.25) is 11.8 Å². The molecular weight excluding hydrogens is 484 g/mol. The summed E-state index contributed by atoms with van der Waals surface area (Å²) in [5, 5.41) is 5.24. The summed E-state index contributed by atoms with van der Waals surface area (Å²) in [5.74, 6) is -2.46. The van der Waals surface area contributed by atoms with Crippen LogP contribution >= 0.6 is 0 Å². The molecule has 0 aliphatic heterocycles. The van der Waals surface area contributed by atoms with Crippen molar-refractivity contribution < 1.29 is 28.7 Å². The SMILES string of the molecule is CC(C)(C)OC(=O)C(Cc1ccccc1)NC(=O)/C=C\C(=O)NC(Cc1ccccc1)C(=O)OC(C)(C)C. The lowest BCUT2D eigenvalue weighted by Gasteiger charge is -2.24. The third-order valence-electron chi connectivity index (χ3n) is 4.97. The second-order valence-corrected chi connectivity index (χ2v) is 10.9. The summed E-state index contributed by atoms with van der Waals surface area (Å²) in [4.78, 5) is 50.8. The number of amides is 2. The molecule has 0 aromatic heterocycles. The van der Waals surface area contributed by atoms with Crippen LogP contribution < -0.4 is 10.6 Å². The maximum absolute atomic E-state index is 12.8. The van der Waals surface area contributed by atoms with Gasteiger partial charge in [0.25, 0.3) is 0 Å². The van der Waals surface area contributed by atoms with E-state index in [1.807, 2.05) is 60.7 Å². The first kappa shape index (κ1) is 30.3. The zero-order valence-corrected chi connectivity index (χ0v) is 22.9. The van der Waals surface area contributed by atoms with E-state index in [0.717, 1.165) is 23.3 Å². The Kier molecular flexibility index (Phi) is 10.8. The van der Waals surface area contributed by atoms with Crippen LogP contribution in [0.25, 0.3) is 0 Å². The van der Waals surface area contributed by atoms with Crippen LogP contribution in [0.5, 0.6) is 0 Å². The first-order valence-corrected chi connectivity index (χ1v) is 12.5. The zero-order valence-electron chi connectivity index (χ0n) is 22.9. The van der Waals surface area contributed by atoms with Gasteiger partial charge in [0, 0.05) is 25.0 Å². The minimum Gasteiger partial charge on any atom is -0.458 e. The van der Waals surface area contributed by atoms with Crippen LogP contribution in [0.15, 0.2) is 72.8 Å². The van der Waals surface area contributed by atoms with Gasteiger partial charge in [-0.05, 0) is 52.7 Å². The fourth-order valence-electron chi connectivity index (χ4n) is 3.42. The van der Waals surface area contributed by atoms with Gasteiger partial charge in [-0.2, -0.15) is 0 Å². The lowest BCUT2D eigenvalue weighted by molar-refractivity contribution is -0.159. The van der Waals surface area contributed by atoms with Crippen LogP contribution in [0.2, 0.25) is 0 Å². The Hall–Kier alpha value is -3.94. The minimum absolute atomic E-state index is 0.222. The Balaban J connectivity index is 2.09. The predicted molar refractivity (Wildman–Crippen MR) is 145 cm³/mol. The van der Waals surface area contributed by atoms with E-state index in [4.69, 9.17) is 9.47 Å². The van der Waals surface area contributed by atoms with Gasteiger partial charge >= 0.3 is 11.9 Å². The van der Waals surface area contributed by atoms with Crippen molar-refractivity contribution >= 4 is 23.8 Å². The molecule has 2 rings (SSSR count). The Bertz CT molecular complexity index is 1030. The van der Waals surface area contributed by atoms with Crippen molar-refractivity contribution in [2.24, 2.45) is 0 Å². The summed E-state index contributed by atoms with van der Waals surface area (Å²) in [6.07, 6.45) is 2.48. The Labute approximate surface area is 224 Å². The number of nitrogens with one attached hydrogen (secondary N) is 2. The first-order valence-electron chi connectivity index (χ1n) is 12.5. The van der Waals surface area contributed by atoms with E-state index in [0.29, 0.717) is 0 Å². The lowest BCUT2D eigenvalue weighted by Crippen LogP contribution is -2.46. The van der Waals surface area contributed by atoms with E-state index in [-0.39, 0.29) is 12.8 Å². The molecule has 2 N–H and O–H groups in total. The second-order valence-electron chi connectivity index (χ2n) is 10.9. The van der Waals surface area contributed by atoms with Crippen LogP contribution in [-0.4, -0.2) is 47.0 Å². The topological polar surface area (TPSA) is 111 Å². The number of hydrogen-bond acceptors (Lipinski definition) is 6. The fraction of sp³-hybridized carbons (Fsp3) is 0.400. The number of esters is 2. The van der Waals surface area contributed by atoms with Gasteiger partial charge in [0.15, 0.2) is 0 Å². The van der Waals surface area contributed by atoms with Gasteiger partial charge in [-0.15, -0.1) is 0 Å². The molecule has 204 valence electrons. The predicted octanol–water partition coefficient (Wildman–Crippen LogP) is 3.68. The number of carbonyl (C=O) groups is 4. The molecule has 8 nitrogen and oxygen atoms in total. The van der Waals surface area contributed by atoms with Crippen molar-refractivity contribution in [1.82, 2.24) is 10.6 Å². The molecule has 8 heteroatoms. The number of ether oxygens (including phenoxy) is 2. The Morgan fingerprint density at radius 3 is 1.24 bits per heavy atom. The third kappa shape index (κ3) is 11.9. The highest BCUT2D eigenvalue weighted by atomic mass is 16.6. The molecular formula is C30H38N2O6. The summed E-state index contributed by atoms with van der Waals surface area (Å²) in [6.45, 7) is 10.5. The van der Waals surface area contributed by atoms with Crippen LogP contribution in [-0.2, 0) is 41.5 Å². The van der Waals surface area contributed by atoms with Crippen molar-refractivity contribution in [2.75, 3.05) is 0 Å². The molecule has 0 bridgehead atoms. The van der Waals surface area contributed by atoms with Crippen LogP contribution in [0.4, 0.5) is 0 Å². The first-order chi connectivity index (χ1) is 17.7. The molecule has 0 spiro atoms. The van der Waals surface area contributed by atoms with Gasteiger partial charge in [0.1, 0.15) is 23.3 Å². The maximum Gasteiger partial charge on any atom is 0.329 e. The Morgan fingerprint density at radius 2 is 0.947 bits per heavy atom. The monoisotopic (exact) mass is 522 g/mol. The molecule has 2 aromatic rings. The van der Waals surface area contributed by atoms with Gasteiger partial charge in [-0.25, -0.2) is 9.59 Å². The van der Waals surface area contributed by atoms with E-state index < -0.39 is 47.0 Å². The average molecular weight is 523 g/mol. The molecule has 0 aliphatic carbocycles. The van der Waals surface area contributed by atoms with E-state index in [1.54, 1.807) is 41.5 Å². The standard InChI is InChI=1S/C30H38N2O6/c1-29(2,3)37-27(35)23(19-21-13-9-7-10-14-21)31-25(33)17-18-26(34)32-24(28(36)38-30(4,5)6)20-22-15-11-8-12-16-22/h7-18,23-24H,19-20H2,1-6H3,(H,31,33)(H,32,34)/b18-17-. The number of rotatable bonds is 10. The van der Waals surface area contributed by atoms with E-state index in [1.165, 1.54) is 0 Å². The summed E-state index contributed by atoms with van der Waals surface area (Å²) >= 11 is 0. The molecule has 0 heterocycles. The number of carbonyl (C=O) groups excluding carboxylic acids is 4. The second kappa shape index (κ2) is 13.6. The molecule has 2 amide bonds. The minimum atomic E-state index is -0.954. The molecule has 0 aliphatic rings. The van der Waals surface area contributed by atoms with Crippen molar-refractivity contribution in [1.29, 1.82) is 0 Å². The molecule has 0 saturated carbocycles. The fourth-order valence-corrected chi connectivity index (χ4v) is 3.42. The molecule has 2 unspecified atom stereocenters. The van der Waals surface area contributed by atoms with Crippen molar-refractivity contribution in [3.05, 3.63) is 83.9 Å². The molecule has 2 atom stereocenters. The number of hydrogen-bond donors (Lipinski definition) is 2. The quantitative estimate of drug-likeness (QED) is 0.364. The highest BCUT2D eigenvalue weighted by molar-refractivity contribution is 5.99. The third-order valence-corrected chi connectivity index (χ3v) is 4.97. The molecule has 0 fully saturated rings. The van der Waals surface area contributed by atoms with E-state index >= 15 is 0 Å². The maximum atomic E-state index is 12.8. The van der Waals surface area contributed by atoms with Crippen LogP contribution in [0, 0.1) is 0 Å². The average Bonchev–Trinajstić information content (AvgIpc) is 2.81. The van der Waals surface area contributed by atoms with E-state index in [2.05, 4.69) is 10.6 Å². The number of benzene rings is 2. The van der Waals surface area contributed by atoms with Gasteiger partial charge in [-0.3, -0.25) is 9.59 Å². The highest BCUT2D eigenvalue weighted by Crippen LogP contribution is 2.13. The van der Waals surface area contributed by atoms with Gasteiger partial charge in [-0.1, -0.05) is 60.7 Å². The van der Waals surface area contributed by atoms with E-state index in [9.17, 15) is 19.2 Å². The Morgan fingerprint density at radius 1 is 0.632 bits per heavy atom. The summed E-state index contributed by atoms with van der Waals surface area (Å²) < 4.78 is 10.9. The molecule has 2 aromatic carbocycles. The van der Waals surface area contributed by atoms with Gasteiger partial charge in [0.05, 0.1) is 0 Å². The van der Waals surface area contributed by atoms with Crippen molar-refractivity contribution in [3.63, 3.8) is 0 Å². The largest absolute Gasteiger partial charge is 0.458 e. The smallest absolute Gasteiger partial charge is 0.329 e. The van der Waals surface area contributed by atoms with Crippen LogP contribution in [0.1, 0.15) is 52.7 Å². The van der Waals surface area contributed by atoms with Gasteiger partial charge < -0.3 is 20.1 Å².